The summed E-state index contributed by atoms with van der Waals surface area (Å²) in [7, 11) is -9.34. The van der Waals surface area contributed by atoms with Gasteiger partial charge in [0.25, 0.3) is 20.2 Å². The molecule has 0 fully saturated rings. The Bertz CT molecular complexity index is 999. The van der Waals surface area contributed by atoms with E-state index in [0.29, 0.717) is 0 Å². The molecule has 0 aromatic heterocycles. The number of nitrogens with two attached hydrogens (primary N) is 1. The molecule has 14 nitrogen and oxygen atoms in total. The van der Waals surface area contributed by atoms with Gasteiger partial charge in [0, 0.05) is 13.1 Å². The van der Waals surface area contributed by atoms with Crippen molar-refractivity contribution < 1.29 is 45.1 Å². The maximum atomic E-state index is 12.2. The standard InChI is InChI=1S/C16H24N4O10S2/c17-12(9-31(24,25)26)14(21)20-13(10-32(27,28)29)15(22)18-6-7-19-16(23)30-8-11-4-2-1-3-5-11/h1-5,12-13H,6-10,17H2,(H,18,22)(H,19,23)(H,20,21)(H,24,25,26)(H,27,28,29). The topological polar surface area (TPSA) is 231 Å². The molecule has 2 unspecified atom stereocenters. The number of alkyl carbamates (subject to hydrolysis) is 1. The van der Waals surface area contributed by atoms with Gasteiger partial charge in [-0.2, -0.15) is 16.8 Å². The molecule has 0 saturated heterocycles. The lowest BCUT2D eigenvalue weighted by molar-refractivity contribution is -0.128. The van der Waals surface area contributed by atoms with Crippen LogP contribution in [0.4, 0.5) is 4.79 Å². The molecular formula is C16H24N4O10S2. The summed E-state index contributed by atoms with van der Waals surface area (Å²) >= 11 is 0. The van der Waals surface area contributed by atoms with Crippen LogP contribution in [0.1, 0.15) is 5.56 Å². The molecule has 7 N–H and O–H groups in total. The molecule has 16 heteroatoms. The van der Waals surface area contributed by atoms with Crippen LogP contribution in [-0.4, -0.2) is 80.5 Å². The fraction of sp³-hybridized carbons (Fsp3) is 0.438. The van der Waals surface area contributed by atoms with Crippen molar-refractivity contribution in [2.75, 3.05) is 24.6 Å². The average molecular weight is 497 g/mol. The highest BCUT2D eigenvalue weighted by Crippen LogP contribution is 2.00. The molecule has 1 rings (SSSR count). The van der Waals surface area contributed by atoms with Crippen molar-refractivity contribution in [3.63, 3.8) is 0 Å². The zero-order chi connectivity index (χ0) is 24.4. The predicted octanol–water partition coefficient (Wildman–Crippen LogP) is -2.38. The fourth-order valence-corrected chi connectivity index (χ4v) is 3.48. The van der Waals surface area contributed by atoms with E-state index in [1.807, 2.05) is 5.32 Å². The summed E-state index contributed by atoms with van der Waals surface area (Å²) in [5.74, 6) is -4.72. The number of hydrogen-bond acceptors (Lipinski definition) is 9. The second-order valence-corrected chi connectivity index (χ2v) is 9.44. The van der Waals surface area contributed by atoms with Crippen LogP contribution in [0.2, 0.25) is 0 Å². The Kier molecular flexibility index (Phi) is 10.5. The third kappa shape index (κ3) is 12.2. The Labute approximate surface area is 184 Å². The van der Waals surface area contributed by atoms with Crippen molar-refractivity contribution in [3.05, 3.63) is 35.9 Å². The Hall–Kier alpha value is -2.79. The van der Waals surface area contributed by atoms with Gasteiger partial charge in [-0.05, 0) is 5.56 Å². The lowest BCUT2D eigenvalue weighted by Crippen LogP contribution is -2.56. The van der Waals surface area contributed by atoms with E-state index >= 15 is 0 Å². The van der Waals surface area contributed by atoms with Crippen molar-refractivity contribution in [2.24, 2.45) is 5.73 Å². The van der Waals surface area contributed by atoms with E-state index in [1.165, 1.54) is 0 Å². The summed E-state index contributed by atoms with van der Waals surface area (Å²) in [6.07, 6.45) is -0.776. The van der Waals surface area contributed by atoms with E-state index < -0.39 is 61.7 Å². The monoisotopic (exact) mass is 496 g/mol. The molecule has 2 atom stereocenters. The molecule has 180 valence electrons. The average Bonchev–Trinajstić information content (AvgIpc) is 2.67. The number of hydrogen-bond donors (Lipinski definition) is 6. The molecule has 0 radical (unpaired) electrons. The first-order valence-electron chi connectivity index (χ1n) is 8.95. The van der Waals surface area contributed by atoms with Crippen LogP contribution in [0, 0.1) is 0 Å². The molecule has 3 amide bonds. The highest BCUT2D eigenvalue weighted by Gasteiger charge is 2.29. The van der Waals surface area contributed by atoms with Gasteiger partial charge < -0.3 is 26.4 Å². The van der Waals surface area contributed by atoms with Crippen LogP contribution in [0.15, 0.2) is 30.3 Å². The number of ether oxygens (including phenoxy) is 1. The van der Waals surface area contributed by atoms with E-state index in [-0.39, 0.29) is 19.7 Å². The zero-order valence-electron chi connectivity index (χ0n) is 16.6. The maximum absolute atomic E-state index is 12.2. The second kappa shape index (κ2) is 12.3. The SMILES string of the molecule is NC(CS(=O)(=O)O)C(=O)NC(CS(=O)(=O)O)C(=O)NCCNC(=O)OCc1ccccc1. The van der Waals surface area contributed by atoms with Gasteiger partial charge in [0.1, 0.15) is 24.4 Å². The number of carbonyl (C=O) groups excluding carboxylic acids is 3. The summed E-state index contributed by atoms with van der Waals surface area (Å²) in [5.41, 5.74) is 6.04. The number of carbonyl (C=O) groups is 3. The van der Waals surface area contributed by atoms with Gasteiger partial charge in [-0.3, -0.25) is 18.7 Å². The lowest BCUT2D eigenvalue weighted by atomic mass is 10.2. The Morgan fingerprint density at radius 1 is 0.906 bits per heavy atom. The molecular weight excluding hydrogens is 472 g/mol. The van der Waals surface area contributed by atoms with Gasteiger partial charge in [0.15, 0.2) is 0 Å². The minimum atomic E-state index is -4.73. The van der Waals surface area contributed by atoms with Crippen molar-refractivity contribution in [1.29, 1.82) is 0 Å². The second-order valence-electron chi connectivity index (χ2n) is 6.44. The highest BCUT2D eigenvalue weighted by molar-refractivity contribution is 7.86. The fourth-order valence-electron chi connectivity index (χ4n) is 2.22. The number of rotatable bonds is 12. The van der Waals surface area contributed by atoms with Crippen LogP contribution >= 0.6 is 0 Å². The van der Waals surface area contributed by atoms with E-state index in [4.69, 9.17) is 19.6 Å². The minimum Gasteiger partial charge on any atom is -0.445 e. The predicted molar refractivity (Wildman–Crippen MR) is 110 cm³/mol. The van der Waals surface area contributed by atoms with Crippen molar-refractivity contribution >= 4 is 38.1 Å². The smallest absolute Gasteiger partial charge is 0.407 e. The molecule has 0 aliphatic heterocycles. The van der Waals surface area contributed by atoms with Crippen molar-refractivity contribution in [2.45, 2.75) is 18.7 Å². The summed E-state index contributed by atoms with van der Waals surface area (Å²) in [6.45, 7) is -0.298. The Morgan fingerprint density at radius 3 is 2.03 bits per heavy atom. The zero-order valence-corrected chi connectivity index (χ0v) is 18.3. The maximum Gasteiger partial charge on any atom is 0.407 e. The summed E-state index contributed by atoms with van der Waals surface area (Å²) in [6, 6.07) is 5.20. The molecule has 0 heterocycles. The van der Waals surface area contributed by atoms with E-state index in [0.717, 1.165) is 5.56 Å². The molecule has 0 aliphatic rings. The molecule has 0 saturated carbocycles. The first-order valence-corrected chi connectivity index (χ1v) is 12.2. The quantitative estimate of drug-likeness (QED) is 0.132. The molecule has 0 spiro atoms. The van der Waals surface area contributed by atoms with E-state index in [1.54, 1.807) is 30.3 Å². The van der Waals surface area contributed by atoms with Crippen molar-refractivity contribution in [1.82, 2.24) is 16.0 Å². The van der Waals surface area contributed by atoms with Gasteiger partial charge in [-0.1, -0.05) is 30.3 Å². The highest BCUT2D eigenvalue weighted by atomic mass is 32.2. The van der Waals surface area contributed by atoms with Crippen LogP contribution in [-0.2, 0) is 41.2 Å². The molecule has 0 bridgehead atoms. The molecule has 0 aliphatic carbocycles. The van der Waals surface area contributed by atoms with E-state index in [9.17, 15) is 31.2 Å². The Balaban J connectivity index is 2.52. The third-order valence-electron chi connectivity index (χ3n) is 3.64. The lowest BCUT2D eigenvalue weighted by Gasteiger charge is -2.19. The van der Waals surface area contributed by atoms with Gasteiger partial charge in [0.2, 0.25) is 11.8 Å². The largest absolute Gasteiger partial charge is 0.445 e. The normalized spacial score (nSPS) is 13.5. The van der Waals surface area contributed by atoms with Crippen LogP contribution in [0.25, 0.3) is 0 Å². The Morgan fingerprint density at radius 2 is 1.47 bits per heavy atom. The van der Waals surface area contributed by atoms with E-state index in [2.05, 4.69) is 10.6 Å². The van der Waals surface area contributed by atoms with Gasteiger partial charge >= 0.3 is 6.09 Å². The molecule has 32 heavy (non-hydrogen) atoms. The summed E-state index contributed by atoms with van der Waals surface area (Å²) in [5, 5.41) is 6.44. The minimum absolute atomic E-state index is 0.0192. The van der Waals surface area contributed by atoms with Gasteiger partial charge in [-0.25, -0.2) is 4.79 Å². The number of benzene rings is 1. The molecule has 1 aromatic rings. The third-order valence-corrected chi connectivity index (χ3v) is 5.18. The first-order chi connectivity index (χ1) is 14.8. The van der Waals surface area contributed by atoms with Crippen LogP contribution in [0.5, 0.6) is 0 Å². The number of amides is 3. The molecule has 1 aromatic carbocycles. The van der Waals surface area contributed by atoms with Crippen LogP contribution < -0.4 is 21.7 Å². The number of nitrogens with one attached hydrogen (secondary N) is 3. The van der Waals surface area contributed by atoms with Crippen molar-refractivity contribution in [3.8, 4) is 0 Å². The van der Waals surface area contributed by atoms with Gasteiger partial charge in [-0.15, -0.1) is 0 Å². The van der Waals surface area contributed by atoms with Gasteiger partial charge in [0.05, 0.1) is 5.75 Å². The summed E-state index contributed by atoms with van der Waals surface area (Å²) in [4.78, 5) is 35.7. The van der Waals surface area contributed by atoms with Crippen LogP contribution in [0.3, 0.4) is 0 Å². The summed E-state index contributed by atoms with van der Waals surface area (Å²) < 4.78 is 66.4. The first kappa shape index (κ1) is 27.2.